The summed E-state index contributed by atoms with van der Waals surface area (Å²) in [5.74, 6) is 0.740. The Hall–Kier alpha value is -1.87. The number of nitrogens with one attached hydrogen (secondary N) is 2. The number of hydrogen-bond donors (Lipinski definition) is 2. The molecule has 128 valence electrons. The van der Waals surface area contributed by atoms with Gasteiger partial charge in [0.15, 0.2) is 5.16 Å². The van der Waals surface area contributed by atoms with Crippen LogP contribution in [0.25, 0.3) is 0 Å². The summed E-state index contributed by atoms with van der Waals surface area (Å²) in [4.78, 5) is 24.4. The minimum absolute atomic E-state index is 0.140. The van der Waals surface area contributed by atoms with Gasteiger partial charge < -0.3 is 9.88 Å². The molecule has 2 heterocycles. The zero-order chi connectivity index (χ0) is 16.9. The van der Waals surface area contributed by atoms with Crippen LogP contribution in [0, 0.1) is 0 Å². The van der Waals surface area contributed by atoms with E-state index in [1.54, 1.807) is 18.3 Å². The highest BCUT2D eigenvalue weighted by Gasteiger charge is 2.30. The highest BCUT2D eigenvalue weighted by atomic mass is 32.2. The summed E-state index contributed by atoms with van der Waals surface area (Å²) in [6.45, 7) is 2.28. The smallest absolute Gasteiger partial charge is 0.321 e. The van der Waals surface area contributed by atoms with Crippen molar-refractivity contribution in [3.05, 3.63) is 28.2 Å². The summed E-state index contributed by atoms with van der Waals surface area (Å²) >= 11 is 3.02. The summed E-state index contributed by atoms with van der Waals surface area (Å²) in [5, 5.41) is 16.2. The average Bonchev–Trinajstić information content (AvgIpc) is 3.10. The van der Waals surface area contributed by atoms with Crippen molar-refractivity contribution < 1.29 is 9.59 Å². The minimum Gasteiger partial charge on any atom is -0.338 e. The summed E-state index contributed by atoms with van der Waals surface area (Å²) in [5.41, 5.74) is 0. The van der Waals surface area contributed by atoms with Gasteiger partial charge in [0.25, 0.3) is 0 Å². The number of thioether (sulfide) groups is 1. The predicted octanol–water partition coefficient (Wildman–Crippen LogP) is 2.20. The third kappa shape index (κ3) is 4.35. The minimum atomic E-state index is -0.467. The second-order valence-electron chi connectivity index (χ2n) is 5.45. The van der Waals surface area contributed by atoms with Crippen molar-refractivity contribution >= 4 is 35.0 Å². The van der Waals surface area contributed by atoms with Gasteiger partial charge in [-0.25, -0.2) is 4.79 Å². The molecule has 7 nitrogen and oxygen atoms in total. The molecule has 0 saturated heterocycles. The molecule has 2 N–H and O–H groups in total. The molecule has 3 rings (SSSR count). The number of thiophene rings is 1. The van der Waals surface area contributed by atoms with Gasteiger partial charge in [-0.1, -0.05) is 17.8 Å². The molecule has 1 aliphatic rings. The Balaban J connectivity index is 1.62. The fourth-order valence-corrected chi connectivity index (χ4v) is 3.82. The molecular weight excluding hydrogens is 346 g/mol. The molecule has 0 radical (unpaired) electrons. The molecule has 3 amide bonds. The number of carbonyl (C=O) groups excluding carboxylic acids is 2. The molecule has 0 aromatic carbocycles. The molecule has 2 aromatic rings. The lowest BCUT2D eigenvalue weighted by Gasteiger charge is -2.08. The van der Waals surface area contributed by atoms with E-state index in [-0.39, 0.29) is 11.7 Å². The summed E-state index contributed by atoms with van der Waals surface area (Å²) in [6, 6.07) is 4.08. The van der Waals surface area contributed by atoms with Gasteiger partial charge in [0.2, 0.25) is 5.91 Å². The highest BCUT2D eigenvalue weighted by Crippen LogP contribution is 2.39. The molecule has 1 aliphatic carbocycles. The Morgan fingerprint density at radius 3 is 2.92 bits per heavy atom. The molecule has 0 bridgehead atoms. The van der Waals surface area contributed by atoms with Crippen molar-refractivity contribution in [2.45, 2.75) is 37.4 Å². The number of rotatable bonds is 7. The molecule has 0 unspecified atom stereocenters. The first kappa shape index (κ1) is 17.0. The van der Waals surface area contributed by atoms with Crippen molar-refractivity contribution in [2.24, 2.45) is 0 Å². The number of aromatic nitrogens is 3. The summed E-state index contributed by atoms with van der Waals surface area (Å²) < 4.78 is 2.14. The van der Waals surface area contributed by atoms with E-state index in [1.807, 2.05) is 6.07 Å². The van der Waals surface area contributed by atoms with Gasteiger partial charge in [-0.15, -0.1) is 21.5 Å². The maximum Gasteiger partial charge on any atom is 0.321 e. The third-order valence-corrected chi connectivity index (χ3v) is 5.30. The number of carbonyl (C=O) groups is 2. The molecule has 1 fully saturated rings. The first-order chi connectivity index (χ1) is 11.7. The van der Waals surface area contributed by atoms with Gasteiger partial charge in [-0.05, 0) is 31.2 Å². The number of amides is 3. The van der Waals surface area contributed by atoms with E-state index in [4.69, 9.17) is 0 Å². The van der Waals surface area contributed by atoms with Crippen molar-refractivity contribution in [1.29, 1.82) is 0 Å². The van der Waals surface area contributed by atoms with E-state index < -0.39 is 6.03 Å². The van der Waals surface area contributed by atoms with Gasteiger partial charge in [0.1, 0.15) is 5.82 Å². The van der Waals surface area contributed by atoms with E-state index in [0.717, 1.165) is 30.2 Å². The van der Waals surface area contributed by atoms with Crippen LogP contribution < -0.4 is 10.6 Å². The van der Waals surface area contributed by atoms with Crippen LogP contribution >= 0.6 is 23.1 Å². The van der Waals surface area contributed by atoms with Gasteiger partial charge in [-0.3, -0.25) is 10.1 Å². The highest BCUT2D eigenvalue weighted by molar-refractivity contribution is 7.99. The summed E-state index contributed by atoms with van der Waals surface area (Å²) in [7, 11) is 0. The lowest BCUT2D eigenvalue weighted by molar-refractivity contribution is -0.117. The Morgan fingerprint density at radius 2 is 2.25 bits per heavy atom. The maximum absolute atomic E-state index is 11.8. The van der Waals surface area contributed by atoms with Crippen LogP contribution in [-0.4, -0.2) is 39.0 Å². The quantitative estimate of drug-likeness (QED) is 0.734. The van der Waals surface area contributed by atoms with Crippen LogP contribution in [0.3, 0.4) is 0 Å². The van der Waals surface area contributed by atoms with E-state index in [9.17, 15) is 9.59 Å². The first-order valence-corrected chi connectivity index (χ1v) is 9.70. The van der Waals surface area contributed by atoms with Gasteiger partial charge >= 0.3 is 6.03 Å². The zero-order valence-corrected chi connectivity index (χ0v) is 15.0. The van der Waals surface area contributed by atoms with Crippen LogP contribution in [-0.2, 0) is 11.2 Å². The fraction of sp³-hybridized carbons (Fsp3) is 0.467. The van der Waals surface area contributed by atoms with Crippen molar-refractivity contribution in [3.8, 4) is 0 Å². The molecule has 0 aliphatic heterocycles. The average molecular weight is 365 g/mol. The Bertz CT molecular complexity index is 710. The lowest BCUT2D eigenvalue weighted by Crippen LogP contribution is -2.40. The maximum atomic E-state index is 11.8. The zero-order valence-electron chi connectivity index (χ0n) is 13.3. The van der Waals surface area contributed by atoms with E-state index in [1.165, 1.54) is 16.6 Å². The molecular formula is C15H19N5O2S2. The van der Waals surface area contributed by atoms with E-state index >= 15 is 0 Å². The predicted molar refractivity (Wildman–Crippen MR) is 93.4 cm³/mol. The second kappa shape index (κ2) is 7.80. The molecule has 0 spiro atoms. The van der Waals surface area contributed by atoms with Crippen LogP contribution in [0.1, 0.15) is 36.5 Å². The fourth-order valence-electron chi connectivity index (χ4n) is 2.29. The van der Waals surface area contributed by atoms with E-state index in [0.29, 0.717) is 12.6 Å². The van der Waals surface area contributed by atoms with Crippen molar-refractivity contribution in [1.82, 2.24) is 25.4 Å². The Labute approximate surface area is 148 Å². The Kier molecular flexibility index (Phi) is 5.52. The Morgan fingerprint density at radius 1 is 1.42 bits per heavy atom. The van der Waals surface area contributed by atoms with Crippen molar-refractivity contribution in [3.63, 3.8) is 0 Å². The van der Waals surface area contributed by atoms with Gasteiger partial charge in [0.05, 0.1) is 5.75 Å². The topological polar surface area (TPSA) is 88.9 Å². The molecule has 9 heteroatoms. The van der Waals surface area contributed by atoms with Crippen LogP contribution in [0.5, 0.6) is 0 Å². The number of nitrogens with zero attached hydrogens (tertiary/aromatic N) is 3. The normalized spacial score (nSPS) is 13.7. The van der Waals surface area contributed by atoms with Gasteiger partial charge in [0, 0.05) is 23.9 Å². The largest absolute Gasteiger partial charge is 0.338 e. The summed E-state index contributed by atoms with van der Waals surface area (Å²) in [6.07, 6.45) is 3.00. The van der Waals surface area contributed by atoms with Crippen LogP contribution in [0.2, 0.25) is 0 Å². The van der Waals surface area contributed by atoms with Gasteiger partial charge in [-0.2, -0.15) is 0 Å². The van der Waals surface area contributed by atoms with Crippen molar-refractivity contribution in [2.75, 3.05) is 12.3 Å². The molecule has 24 heavy (non-hydrogen) atoms. The third-order valence-electron chi connectivity index (χ3n) is 3.48. The SMILES string of the molecule is CCNC(=O)NC(=O)CSc1nnc(Cc2cccs2)n1C1CC1. The standard InChI is InChI=1S/C15H19N5O2S2/c1-2-16-14(22)17-13(21)9-24-15-19-18-12(20(15)10-5-6-10)8-11-4-3-7-23-11/h3-4,7,10H,2,5-6,8-9H2,1H3,(H2,16,17,21,22). The number of urea groups is 1. The monoisotopic (exact) mass is 365 g/mol. The molecule has 2 aromatic heterocycles. The van der Waals surface area contributed by atoms with Crippen LogP contribution in [0.15, 0.2) is 22.7 Å². The van der Waals surface area contributed by atoms with Crippen LogP contribution in [0.4, 0.5) is 4.79 Å². The lowest BCUT2D eigenvalue weighted by atomic mass is 10.3. The van der Waals surface area contributed by atoms with E-state index in [2.05, 4.69) is 36.8 Å². The number of imide groups is 1. The molecule has 1 saturated carbocycles. The first-order valence-electron chi connectivity index (χ1n) is 7.84. The number of hydrogen-bond acceptors (Lipinski definition) is 6. The second-order valence-corrected chi connectivity index (χ2v) is 7.43. The molecule has 0 atom stereocenters.